The zero-order chi connectivity index (χ0) is 17.2. The fourth-order valence-electron chi connectivity index (χ4n) is 2.78. The van der Waals surface area contributed by atoms with Crippen molar-refractivity contribution in [2.75, 3.05) is 32.8 Å². The molecule has 6 nitrogen and oxygen atoms in total. The fourth-order valence-corrected chi connectivity index (χ4v) is 2.78. The summed E-state index contributed by atoms with van der Waals surface area (Å²) in [6.07, 6.45) is 2.45. The Labute approximate surface area is 143 Å². The number of carbonyl (C=O) groups excluding carboxylic acids is 1. The number of aliphatic hydroxyl groups excluding tert-OH is 1. The molecule has 1 atom stereocenters. The highest BCUT2D eigenvalue weighted by atomic mass is 16.7. The summed E-state index contributed by atoms with van der Waals surface area (Å²) in [6.45, 7) is 5.00. The van der Waals surface area contributed by atoms with Gasteiger partial charge >= 0.3 is 6.09 Å². The van der Waals surface area contributed by atoms with Crippen LogP contribution >= 0.6 is 0 Å². The minimum atomic E-state index is -0.629. The van der Waals surface area contributed by atoms with Crippen LogP contribution in [0.4, 0.5) is 4.79 Å². The van der Waals surface area contributed by atoms with Gasteiger partial charge in [0.2, 0.25) is 0 Å². The second-order valence-corrected chi connectivity index (χ2v) is 6.03. The van der Waals surface area contributed by atoms with Gasteiger partial charge in [-0.25, -0.2) is 4.79 Å². The smallest absolute Gasteiger partial charge is 0.434 e. The number of β-amino-alcohol motifs (C(OH)–C–C–N with tert-alkyl or cyclic N) is 1. The number of hydrogen-bond acceptors (Lipinski definition) is 5. The van der Waals surface area contributed by atoms with Crippen molar-refractivity contribution in [2.24, 2.45) is 0 Å². The van der Waals surface area contributed by atoms with Crippen LogP contribution in [0.5, 0.6) is 0 Å². The molecule has 1 fully saturated rings. The van der Waals surface area contributed by atoms with Gasteiger partial charge in [0.15, 0.2) is 0 Å². The maximum Gasteiger partial charge on any atom is 0.434 e. The number of ether oxygens (including phenoxy) is 1. The molecule has 0 saturated carbocycles. The third-order valence-electron chi connectivity index (χ3n) is 3.98. The largest absolute Gasteiger partial charge is 0.448 e. The first kappa shape index (κ1) is 18.7. The van der Waals surface area contributed by atoms with Crippen molar-refractivity contribution in [3.05, 3.63) is 35.9 Å². The lowest BCUT2D eigenvalue weighted by molar-refractivity contribution is -0.164. The van der Waals surface area contributed by atoms with E-state index in [0.29, 0.717) is 6.54 Å². The van der Waals surface area contributed by atoms with Gasteiger partial charge < -0.3 is 14.7 Å². The molecule has 1 unspecified atom stereocenters. The molecule has 24 heavy (non-hydrogen) atoms. The number of benzene rings is 1. The molecular weight excluding hydrogens is 308 g/mol. The van der Waals surface area contributed by atoms with Gasteiger partial charge in [-0.05, 0) is 38.4 Å². The van der Waals surface area contributed by atoms with Gasteiger partial charge in [-0.15, -0.1) is 0 Å². The van der Waals surface area contributed by atoms with Crippen LogP contribution < -0.4 is 0 Å². The molecule has 2 rings (SSSR count). The number of hydroxylamine groups is 2. The molecule has 1 saturated heterocycles. The summed E-state index contributed by atoms with van der Waals surface area (Å²) in [5, 5.41) is 11.4. The van der Waals surface area contributed by atoms with Crippen LogP contribution in [0.1, 0.15) is 31.7 Å². The van der Waals surface area contributed by atoms with Crippen LogP contribution in [0.3, 0.4) is 0 Å². The topological polar surface area (TPSA) is 62.2 Å². The Morgan fingerprint density at radius 1 is 1.25 bits per heavy atom. The van der Waals surface area contributed by atoms with Gasteiger partial charge in [0.05, 0.1) is 19.3 Å². The lowest BCUT2D eigenvalue weighted by Crippen LogP contribution is -2.40. The number of piperidine rings is 1. The maximum atomic E-state index is 12.0. The second kappa shape index (κ2) is 10.3. The second-order valence-electron chi connectivity index (χ2n) is 6.03. The molecule has 0 aromatic heterocycles. The first-order valence-electron chi connectivity index (χ1n) is 8.70. The molecule has 1 amide bonds. The van der Waals surface area contributed by atoms with Crippen LogP contribution in [-0.4, -0.2) is 60.1 Å². The molecule has 1 N–H and O–H groups in total. The van der Waals surface area contributed by atoms with Crippen molar-refractivity contribution in [1.29, 1.82) is 0 Å². The SMILES string of the molecule is CCOC(=O)N(Cc1ccccc1)OCC(O)CN1CCCCC1. The third-order valence-corrected chi connectivity index (χ3v) is 3.98. The van der Waals surface area contributed by atoms with Crippen molar-refractivity contribution in [3.63, 3.8) is 0 Å². The third kappa shape index (κ3) is 6.47. The average Bonchev–Trinajstić information content (AvgIpc) is 2.60. The number of nitrogens with zero attached hydrogens (tertiary/aromatic N) is 2. The minimum Gasteiger partial charge on any atom is -0.448 e. The molecule has 0 radical (unpaired) electrons. The monoisotopic (exact) mass is 336 g/mol. The van der Waals surface area contributed by atoms with Crippen LogP contribution in [0.25, 0.3) is 0 Å². The zero-order valence-electron chi connectivity index (χ0n) is 14.4. The summed E-state index contributed by atoms with van der Waals surface area (Å²) in [5.41, 5.74) is 0.941. The van der Waals surface area contributed by atoms with E-state index in [0.717, 1.165) is 18.7 Å². The number of rotatable bonds is 8. The molecule has 0 spiro atoms. The van der Waals surface area contributed by atoms with Crippen molar-refractivity contribution < 1.29 is 19.5 Å². The Morgan fingerprint density at radius 3 is 2.62 bits per heavy atom. The van der Waals surface area contributed by atoms with E-state index in [4.69, 9.17) is 9.57 Å². The predicted octanol–water partition coefficient (Wildman–Crippen LogP) is 2.42. The Hall–Kier alpha value is -1.63. The molecule has 134 valence electrons. The van der Waals surface area contributed by atoms with E-state index in [1.807, 2.05) is 30.3 Å². The highest BCUT2D eigenvalue weighted by Crippen LogP contribution is 2.10. The number of likely N-dealkylation sites (tertiary alicyclic amines) is 1. The summed E-state index contributed by atoms with van der Waals surface area (Å²) in [6, 6.07) is 9.56. The minimum absolute atomic E-state index is 0.0716. The van der Waals surface area contributed by atoms with E-state index >= 15 is 0 Å². The van der Waals surface area contributed by atoms with Gasteiger partial charge in [0.25, 0.3) is 0 Å². The summed E-state index contributed by atoms with van der Waals surface area (Å²) < 4.78 is 5.03. The molecule has 0 bridgehead atoms. The molecule has 0 aliphatic carbocycles. The maximum absolute atomic E-state index is 12.0. The summed E-state index contributed by atoms with van der Waals surface area (Å²) in [4.78, 5) is 19.8. The van der Waals surface area contributed by atoms with E-state index in [9.17, 15) is 9.90 Å². The van der Waals surface area contributed by atoms with Crippen LogP contribution in [0, 0.1) is 0 Å². The van der Waals surface area contributed by atoms with Crippen molar-refractivity contribution in [2.45, 2.75) is 38.8 Å². The van der Waals surface area contributed by atoms with E-state index in [2.05, 4.69) is 4.90 Å². The molecular formula is C18H28N2O4. The zero-order valence-corrected chi connectivity index (χ0v) is 14.4. The number of aliphatic hydroxyl groups is 1. The van der Waals surface area contributed by atoms with E-state index in [1.54, 1.807) is 6.92 Å². The van der Waals surface area contributed by atoms with Crippen molar-refractivity contribution in [3.8, 4) is 0 Å². The summed E-state index contributed by atoms with van der Waals surface area (Å²) in [5.74, 6) is 0. The van der Waals surface area contributed by atoms with E-state index < -0.39 is 12.2 Å². The molecule has 6 heteroatoms. The fraction of sp³-hybridized carbons (Fsp3) is 0.611. The average molecular weight is 336 g/mol. The Kier molecular flexibility index (Phi) is 8.01. The molecule has 1 heterocycles. The first-order valence-corrected chi connectivity index (χ1v) is 8.70. The number of hydrogen-bond donors (Lipinski definition) is 1. The Bertz CT molecular complexity index is 477. The van der Waals surface area contributed by atoms with Crippen LogP contribution in [0.15, 0.2) is 30.3 Å². The summed E-state index contributed by atoms with van der Waals surface area (Å²) in [7, 11) is 0. The normalized spacial score (nSPS) is 16.6. The highest BCUT2D eigenvalue weighted by molar-refractivity contribution is 5.66. The molecule has 1 aromatic carbocycles. The van der Waals surface area contributed by atoms with E-state index in [-0.39, 0.29) is 19.8 Å². The first-order chi connectivity index (χ1) is 11.7. The Morgan fingerprint density at radius 2 is 1.96 bits per heavy atom. The van der Waals surface area contributed by atoms with Gasteiger partial charge in [-0.2, -0.15) is 5.06 Å². The van der Waals surface area contributed by atoms with Gasteiger partial charge in [0.1, 0.15) is 6.61 Å². The predicted molar refractivity (Wildman–Crippen MR) is 91.3 cm³/mol. The van der Waals surface area contributed by atoms with Crippen molar-refractivity contribution >= 4 is 6.09 Å². The number of amides is 1. The van der Waals surface area contributed by atoms with Gasteiger partial charge in [0, 0.05) is 6.54 Å². The van der Waals surface area contributed by atoms with Gasteiger partial charge in [-0.1, -0.05) is 36.8 Å². The Balaban J connectivity index is 1.83. The molecule has 1 aliphatic heterocycles. The van der Waals surface area contributed by atoms with Crippen LogP contribution in [-0.2, 0) is 16.1 Å². The van der Waals surface area contributed by atoms with Gasteiger partial charge in [-0.3, -0.25) is 4.84 Å². The van der Waals surface area contributed by atoms with Crippen LogP contribution in [0.2, 0.25) is 0 Å². The number of carbonyl (C=O) groups is 1. The van der Waals surface area contributed by atoms with E-state index in [1.165, 1.54) is 24.3 Å². The lowest BCUT2D eigenvalue weighted by atomic mass is 10.1. The summed E-state index contributed by atoms with van der Waals surface area (Å²) >= 11 is 0. The quantitative estimate of drug-likeness (QED) is 0.739. The molecule has 1 aromatic rings. The highest BCUT2D eigenvalue weighted by Gasteiger charge is 2.20. The standard InChI is InChI=1S/C18H28N2O4/c1-2-23-18(22)20(13-16-9-5-3-6-10-16)24-15-17(21)14-19-11-7-4-8-12-19/h3,5-6,9-10,17,21H,2,4,7-8,11-15H2,1H3. The van der Waals surface area contributed by atoms with Crippen molar-refractivity contribution in [1.82, 2.24) is 9.96 Å². The lowest BCUT2D eigenvalue weighted by Gasteiger charge is -2.29. The molecule has 1 aliphatic rings.